The molecule has 0 aliphatic carbocycles. The van der Waals surface area contributed by atoms with Crippen molar-refractivity contribution in [2.45, 2.75) is 25.3 Å². The van der Waals surface area contributed by atoms with Crippen LogP contribution in [0.4, 0.5) is 0 Å². The molecular formula is C14H17NO2S. The van der Waals surface area contributed by atoms with Gasteiger partial charge in [0, 0.05) is 16.7 Å². The van der Waals surface area contributed by atoms with Gasteiger partial charge >= 0.3 is 5.97 Å². The lowest BCUT2D eigenvalue weighted by molar-refractivity contribution is -0.146. The summed E-state index contributed by atoms with van der Waals surface area (Å²) in [6.45, 7) is 3.53. The lowest BCUT2D eigenvalue weighted by Gasteiger charge is -2.17. The zero-order valence-corrected chi connectivity index (χ0v) is 11.4. The van der Waals surface area contributed by atoms with E-state index in [4.69, 9.17) is 5.11 Å². The number of thioether (sulfide) groups is 1. The monoisotopic (exact) mass is 263 g/mol. The van der Waals surface area contributed by atoms with Crippen LogP contribution in [0.5, 0.6) is 0 Å². The van der Waals surface area contributed by atoms with Crippen molar-refractivity contribution < 1.29 is 9.90 Å². The molecule has 0 bridgehead atoms. The van der Waals surface area contributed by atoms with Gasteiger partial charge in [-0.2, -0.15) is 0 Å². The molecule has 2 rings (SSSR count). The zero-order chi connectivity index (χ0) is 13.2. The van der Waals surface area contributed by atoms with Crippen molar-refractivity contribution in [3.8, 4) is 0 Å². The number of aromatic nitrogens is 1. The van der Waals surface area contributed by atoms with Crippen molar-refractivity contribution in [1.82, 2.24) is 4.98 Å². The van der Waals surface area contributed by atoms with Crippen LogP contribution in [0, 0.1) is 5.41 Å². The summed E-state index contributed by atoms with van der Waals surface area (Å²) in [7, 11) is 0. The summed E-state index contributed by atoms with van der Waals surface area (Å²) in [6.07, 6.45) is 0.655. The molecule has 0 radical (unpaired) electrons. The summed E-state index contributed by atoms with van der Waals surface area (Å²) in [5.74, 6) is 0.0614. The highest BCUT2D eigenvalue weighted by Crippen LogP contribution is 2.28. The Kier molecular flexibility index (Phi) is 3.66. The lowest BCUT2D eigenvalue weighted by atomic mass is 9.91. The standard InChI is InChI=1S/C14H17NO2S/c1-14(2,13(16)17)7-8-18-12-9-10-5-3-4-6-11(10)15-12/h3-6,9,15H,7-8H2,1-2H3,(H,16,17). The first-order chi connectivity index (χ1) is 8.49. The van der Waals surface area contributed by atoms with Crippen molar-refractivity contribution >= 4 is 28.6 Å². The molecule has 0 aliphatic heterocycles. The Balaban J connectivity index is 1.96. The summed E-state index contributed by atoms with van der Waals surface area (Å²) in [5, 5.41) is 11.3. The third-order valence-corrected chi connectivity index (χ3v) is 4.01. The molecule has 2 N–H and O–H groups in total. The van der Waals surface area contributed by atoms with Crippen LogP contribution in [-0.2, 0) is 4.79 Å². The topological polar surface area (TPSA) is 53.1 Å². The van der Waals surface area contributed by atoms with E-state index >= 15 is 0 Å². The Morgan fingerprint density at radius 2 is 2.11 bits per heavy atom. The van der Waals surface area contributed by atoms with E-state index in [1.807, 2.05) is 18.2 Å². The summed E-state index contributed by atoms with van der Waals surface area (Å²) in [4.78, 5) is 14.3. The highest BCUT2D eigenvalue weighted by molar-refractivity contribution is 7.99. The van der Waals surface area contributed by atoms with Gasteiger partial charge in [0.15, 0.2) is 0 Å². The lowest BCUT2D eigenvalue weighted by Crippen LogP contribution is -2.24. The average Bonchev–Trinajstić information content (AvgIpc) is 2.70. The van der Waals surface area contributed by atoms with Crippen LogP contribution < -0.4 is 0 Å². The Bertz CT molecular complexity index is 527. The molecule has 0 fully saturated rings. The fourth-order valence-corrected chi connectivity index (χ4v) is 2.87. The predicted octanol–water partition coefficient (Wildman–Crippen LogP) is 3.76. The molecule has 1 heterocycles. The van der Waals surface area contributed by atoms with E-state index in [2.05, 4.69) is 17.1 Å². The molecule has 3 nitrogen and oxygen atoms in total. The van der Waals surface area contributed by atoms with Gasteiger partial charge in [-0.15, -0.1) is 11.8 Å². The molecule has 0 unspecified atom stereocenters. The highest BCUT2D eigenvalue weighted by atomic mass is 32.2. The molecule has 0 atom stereocenters. The Hall–Kier alpha value is -1.42. The van der Waals surface area contributed by atoms with Gasteiger partial charge in [-0.05, 0) is 32.4 Å². The number of hydrogen-bond acceptors (Lipinski definition) is 2. The van der Waals surface area contributed by atoms with Gasteiger partial charge in [0.25, 0.3) is 0 Å². The quantitative estimate of drug-likeness (QED) is 0.807. The molecule has 2 aromatic rings. The summed E-state index contributed by atoms with van der Waals surface area (Å²) in [6, 6.07) is 10.2. The van der Waals surface area contributed by atoms with Crippen LogP contribution in [0.2, 0.25) is 0 Å². The number of hydrogen-bond donors (Lipinski definition) is 2. The number of aliphatic carboxylic acids is 1. The molecule has 1 aromatic carbocycles. The smallest absolute Gasteiger partial charge is 0.309 e. The maximum absolute atomic E-state index is 11.0. The number of carbonyl (C=O) groups is 1. The largest absolute Gasteiger partial charge is 0.481 e. The first-order valence-electron chi connectivity index (χ1n) is 5.93. The number of para-hydroxylation sites is 1. The van der Waals surface area contributed by atoms with Crippen LogP contribution >= 0.6 is 11.8 Å². The molecule has 0 saturated carbocycles. The SMILES string of the molecule is CC(C)(CCSc1cc2ccccc2[nH]1)C(=O)O. The molecule has 1 aromatic heterocycles. The van der Waals surface area contributed by atoms with E-state index in [9.17, 15) is 4.79 Å². The number of carboxylic acid groups (broad SMARTS) is 1. The number of fused-ring (bicyclic) bond motifs is 1. The van der Waals surface area contributed by atoms with Crippen LogP contribution in [0.1, 0.15) is 20.3 Å². The molecule has 4 heteroatoms. The minimum atomic E-state index is -0.736. The van der Waals surface area contributed by atoms with Crippen LogP contribution in [0.3, 0.4) is 0 Å². The Labute approximate surface area is 111 Å². The maximum atomic E-state index is 11.0. The van der Waals surface area contributed by atoms with E-state index < -0.39 is 11.4 Å². The number of benzene rings is 1. The minimum absolute atomic E-state index is 0.654. The normalized spacial score (nSPS) is 11.9. The Morgan fingerprint density at radius 3 is 2.78 bits per heavy atom. The molecule has 0 amide bonds. The second kappa shape index (κ2) is 5.06. The summed E-state index contributed by atoms with van der Waals surface area (Å²) >= 11 is 1.67. The molecule has 96 valence electrons. The van der Waals surface area contributed by atoms with Crippen molar-refractivity contribution in [3.63, 3.8) is 0 Å². The van der Waals surface area contributed by atoms with Gasteiger partial charge in [-0.3, -0.25) is 4.79 Å². The van der Waals surface area contributed by atoms with Crippen LogP contribution in [0.15, 0.2) is 35.4 Å². The van der Waals surface area contributed by atoms with Crippen molar-refractivity contribution in [3.05, 3.63) is 30.3 Å². The van der Waals surface area contributed by atoms with Gasteiger partial charge in [0.05, 0.1) is 10.4 Å². The first-order valence-corrected chi connectivity index (χ1v) is 6.91. The Morgan fingerprint density at radius 1 is 1.39 bits per heavy atom. The summed E-state index contributed by atoms with van der Waals surface area (Å²) < 4.78 is 0. The fourth-order valence-electron chi connectivity index (χ4n) is 1.65. The molecule has 18 heavy (non-hydrogen) atoms. The van der Waals surface area contributed by atoms with Gasteiger partial charge in [-0.1, -0.05) is 18.2 Å². The molecule has 0 aliphatic rings. The van der Waals surface area contributed by atoms with Crippen molar-refractivity contribution in [1.29, 1.82) is 0 Å². The van der Waals surface area contributed by atoms with Crippen LogP contribution in [0.25, 0.3) is 10.9 Å². The first kappa shape index (κ1) is 13.0. The highest BCUT2D eigenvalue weighted by Gasteiger charge is 2.26. The number of carboxylic acids is 1. The van der Waals surface area contributed by atoms with Crippen molar-refractivity contribution in [2.75, 3.05) is 5.75 Å². The van der Waals surface area contributed by atoms with Crippen LogP contribution in [-0.4, -0.2) is 21.8 Å². The zero-order valence-electron chi connectivity index (χ0n) is 10.6. The number of rotatable bonds is 5. The van der Waals surface area contributed by atoms with Gasteiger partial charge in [0.1, 0.15) is 0 Å². The minimum Gasteiger partial charge on any atom is -0.481 e. The second-order valence-electron chi connectivity index (χ2n) is 5.01. The maximum Gasteiger partial charge on any atom is 0.309 e. The number of nitrogens with one attached hydrogen (secondary N) is 1. The van der Waals surface area contributed by atoms with E-state index in [-0.39, 0.29) is 0 Å². The van der Waals surface area contributed by atoms with E-state index in [1.54, 1.807) is 25.6 Å². The van der Waals surface area contributed by atoms with Crippen molar-refractivity contribution in [2.24, 2.45) is 5.41 Å². The fraction of sp³-hybridized carbons (Fsp3) is 0.357. The third-order valence-electron chi connectivity index (χ3n) is 3.07. The third kappa shape index (κ3) is 2.88. The second-order valence-corrected chi connectivity index (χ2v) is 6.15. The van der Waals surface area contributed by atoms with E-state index in [0.717, 1.165) is 16.3 Å². The van der Waals surface area contributed by atoms with E-state index in [0.29, 0.717) is 6.42 Å². The van der Waals surface area contributed by atoms with E-state index in [1.165, 1.54) is 5.39 Å². The molecular weight excluding hydrogens is 246 g/mol. The summed E-state index contributed by atoms with van der Waals surface area (Å²) in [5.41, 5.74) is 0.469. The number of H-pyrrole nitrogens is 1. The molecule has 0 spiro atoms. The average molecular weight is 263 g/mol. The van der Waals surface area contributed by atoms with Gasteiger partial charge in [0.2, 0.25) is 0 Å². The molecule has 0 saturated heterocycles. The number of aromatic amines is 1. The predicted molar refractivity (Wildman–Crippen MR) is 75.1 cm³/mol. The van der Waals surface area contributed by atoms with Gasteiger partial charge in [-0.25, -0.2) is 0 Å². The van der Waals surface area contributed by atoms with Gasteiger partial charge < -0.3 is 10.1 Å².